The Morgan fingerprint density at radius 1 is 0.565 bits per heavy atom. The fraction of sp³-hybridized carbons (Fsp3) is 0.0455. The van der Waals surface area contributed by atoms with Crippen LogP contribution in [0.2, 0.25) is 0 Å². The summed E-state index contributed by atoms with van der Waals surface area (Å²) in [7, 11) is 0. The van der Waals surface area contributed by atoms with E-state index >= 15 is 0 Å². The van der Waals surface area contributed by atoms with E-state index in [1.54, 1.807) is 0 Å². The van der Waals surface area contributed by atoms with Crippen LogP contribution in [0, 0.1) is 30.1 Å². The SMILES string of the molecule is Cc1ccc(C#Cc2ccc(-c3ccc(C#N)cc3)cc2)cc1. The molecule has 3 aromatic carbocycles. The van der Waals surface area contributed by atoms with Gasteiger partial charge in [-0.05, 0) is 54.4 Å². The van der Waals surface area contributed by atoms with Gasteiger partial charge in [-0.1, -0.05) is 53.8 Å². The first-order chi connectivity index (χ1) is 11.2. The summed E-state index contributed by atoms with van der Waals surface area (Å²) in [6, 6.07) is 26.1. The topological polar surface area (TPSA) is 23.8 Å². The molecule has 0 saturated carbocycles. The molecule has 108 valence electrons. The fourth-order valence-electron chi connectivity index (χ4n) is 2.26. The van der Waals surface area contributed by atoms with Crippen LogP contribution in [0.5, 0.6) is 0 Å². The van der Waals surface area contributed by atoms with E-state index in [0.29, 0.717) is 5.56 Å². The maximum Gasteiger partial charge on any atom is 0.0991 e. The minimum atomic E-state index is 0.675. The monoisotopic (exact) mass is 293 g/mol. The molecule has 0 bridgehead atoms. The van der Waals surface area contributed by atoms with Crippen LogP contribution in [-0.4, -0.2) is 0 Å². The molecule has 0 unspecified atom stereocenters. The van der Waals surface area contributed by atoms with Crippen LogP contribution in [0.4, 0.5) is 0 Å². The third kappa shape index (κ3) is 3.67. The van der Waals surface area contributed by atoms with Crippen LogP contribution in [0.25, 0.3) is 11.1 Å². The zero-order valence-electron chi connectivity index (χ0n) is 12.9. The van der Waals surface area contributed by atoms with Gasteiger partial charge in [0, 0.05) is 11.1 Å². The van der Waals surface area contributed by atoms with Crippen molar-refractivity contribution in [2.24, 2.45) is 0 Å². The first kappa shape index (κ1) is 14.6. The van der Waals surface area contributed by atoms with Crippen molar-refractivity contribution in [1.82, 2.24) is 0 Å². The maximum absolute atomic E-state index is 8.84. The molecule has 0 aliphatic heterocycles. The van der Waals surface area contributed by atoms with E-state index in [0.717, 1.165) is 22.3 Å². The number of benzene rings is 3. The Balaban J connectivity index is 1.79. The lowest BCUT2D eigenvalue weighted by Crippen LogP contribution is -1.81. The highest BCUT2D eigenvalue weighted by molar-refractivity contribution is 5.65. The van der Waals surface area contributed by atoms with Crippen molar-refractivity contribution in [3.8, 4) is 29.0 Å². The Bertz CT molecular complexity index is 897. The molecule has 0 N–H and O–H groups in total. The van der Waals surface area contributed by atoms with Crippen molar-refractivity contribution in [3.05, 3.63) is 95.1 Å². The molecule has 1 nitrogen and oxygen atoms in total. The third-order valence-corrected chi connectivity index (χ3v) is 3.63. The van der Waals surface area contributed by atoms with Gasteiger partial charge in [-0.25, -0.2) is 0 Å². The zero-order chi connectivity index (χ0) is 16.1. The Hall–Kier alpha value is -3.29. The average Bonchev–Trinajstić information content (AvgIpc) is 2.62. The van der Waals surface area contributed by atoms with Crippen molar-refractivity contribution in [2.45, 2.75) is 6.92 Å². The maximum atomic E-state index is 8.84. The normalized spacial score (nSPS) is 9.57. The summed E-state index contributed by atoms with van der Waals surface area (Å²) < 4.78 is 0. The second-order valence-corrected chi connectivity index (χ2v) is 5.38. The van der Waals surface area contributed by atoms with E-state index in [1.165, 1.54) is 5.56 Å². The smallest absolute Gasteiger partial charge is 0.0991 e. The molecule has 0 amide bonds. The van der Waals surface area contributed by atoms with Gasteiger partial charge >= 0.3 is 0 Å². The first-order valence-corrected chi connectivity index (χ1v) is 7.44. The molecule has 23 heavy (non-hydrogen) atoms. The van der Waals surface area contributed by atoms with E-state index in [2.05, 4.69) is 49.1 Å². The number of aryl methyl sites for hydroxylation is 1. The molecule has 0 fully saturated rings. The molecule has 0 heterocycles. The van der Waals surface area contributed by atoms with Crippen LogP contribution in [0.3, 0.4) is 0 Å². The van der Waals surface area contributed by atoms with E-state index in [4.69, 9.17) is 5.26 Å². The second kappa shape index (κ2) is 6.65. The first-order valence-electron chi connectivity index (χ1n) is 7.44. The number of hydrogen-bond donors (Lipinski definition) is 0. The van der Waals surface area contributed by atoms with Gasteiger partial charge in [-0.2, -0.15) is 5.26 Å². The molecule has 0 saturated heterocycles. The lowest BCUT2D eigenvalue weighted by atomic mass is 10.0. The molecule has 3 rings (SSSR count). The van der Waals surface area contributed by atoms with Crippen molar-refractivity contribution in [3.63, 3.8) is 0 Å². The highest BCUT2D eigenvalue weighted by atomic mass is 14.2. The summed E-state index contributed by atoms with van der Waals surface area (Å²) >= 11 is 0. The van der Waals surface area contributed by atoms with E-state index in [9.17, 15) is 0 Å². The lowest BCUT2D eigenvalue weighted by Gasteiger charge is -2.01. The summed E-state index contributed by atoms with van der Waals surface area (Å²) in [5.74, 6) is 6.36. The minimum absolute atomic E-state index is 0.675. The molecular weight excluding hydrogens is 278 g/mol. The van der Waals surface area contributed by atoms with Crippen LogP contribution in [0.15, 0.2) is 72.8 Å². The molecule has 0 atom stereocenters. The average molecular weight is 293 g/mol. The Labute approximate surface area is 136 Å². The van der Waals surface area contributed by atoms with Gasteiger partial charge in [0.25, 0.3) is 0 Å². The summed E-state index contributed by atoms with van der Waals surface area (Å²) in [4.78, 5) is 0. The molecule has 0 aliphatic rings. The quantitative estimate of drug-likeness (QED) is 0.583. The summed E-state index contributed by atoms with van der Waals surface area (Å²) in [5.41, 5.74) is 6.14. The molecule has 1 heteroatoms. The number of nitriles is 1. The van der Waals surface area contributed by atoms with Crippen molar-refractivity contribution >= 4 is 0 Å². The highest BCUT2D eigenvalue weighted by Gasteiger charge is 1.98. The van der Waals surface area contributed by atoms with Crippen LogP contribution >= 0.6 is 0 Å². The molecular formula is C22H15N. The summed E-state index contributed by atoms with van der Waals surface area (Å²) in [6.07, 6.45) is 0. The van der Waals surface area contributed by atoms with Gasteiger partial charge in [0.1, 0.15) is 0 Å². The Morgan fingerprint density at radius 3 is 1.39 bits per heavy atom. The van der Waals surface area contributed by atoms with E-state index in [1.807, 2.05) is 48.5 Å². The number of nitrogens with zero attached hydrogens (tertiary/aromatic N) is 1. The van der Waals surface area contributed by atoms with Gasteiger partial charge in [-0.3, -0.25) is 0 Å². The molecule has 3 aromatic rings. The van der Waals surface area contributed by atoms with Gasteiger partial charge in [0.2, 0.25) is 0 Å². The number of rotatable bonds is 1. The van der Waals surface area contributed by atoms with Gasteiger partial charge in [0.05, 0.1) is 11.6 Å². The minimum Gasteiger partial charge on any atom is -0.192 e. The van der Waals surface area contributed by atoms with Crippen molar-refractivity contribution in [2.75, 3.05) is 0 Å². The predicted molar refractivity (Wildman–Crippen MR) is 93.8 cm³/mol. The van der Waals surface area contributed by atoms with E-state index in [-0.39, 0.29) is 0 Å². The van der Waals surface area contributed by atoms with Gasteiger partial charge < -0.3 is 0 Å². The molecule has 0 spiro atoms. The summed E-state index contributed by atoms with van der Waals surface area (Å²) in [6.45, 7) is 2.07. The zero-order valence-corrected chi connectivity index (χ0v) is 12.9. The fourth-order valence-corrected chi connectivity index (χ4v) is 2.26. The van der Waals surface area contributed by atoms with Crippen LogP contribution in [0.1, 0.15) is 22.3 Å². The second-order valence-electron chi connectivity index (χ2n) is 5.38. The van der Waals surface area contributed by atoms with Gasteiger partial charge in [0.15, 0.2) is 0 Å². The van der Waals surface area contributed by atoms with Crippen molar-refractivity contribution < 1.29 is 0 Å². The molecule has 0 radical (unpaired) electrons. The summed E-state index contributed by atoms with van der Waals surface area (Å²) in [5, 5.41) is 8.84. The highest BCUT2D eigenvalue weighted by Crippen LogP contribution is 2.20. The Kier molecular flexibility index (Phi) is 4.23. The third-order valence-electron chi connectivity index (χ3n) is 3.63. The molecule has 0 aromatic heterocycles. The Morgan fingerprint density at radius 2 is 0.957 bits per heavy atom. The van der Waals surface area contributed by atoms with Crippen LogP contribution < -0.4 is 0 Å². The van der Waals surface area contributed by atoms with Crippen LogP contribution in [-0.2, 0) is 0 Å². The number of hydrogen-bond acceptors (Lipinski definition) is 1. The predicted octanol–water partition coefficient (Wildman–Crippen LogP) is 4.93. The van der Waals surface area contributed by atoms with Crippen molar-refractivity contribution in [1.29, 1.82) is 5.26 Å². The lowest BCUT2D eigenvalue weighted by molar-refractivity contribution is 1.46. The largest absolute Gasteiger partial charge is 0.192 e. The molecule has 0 aliphatic carbocycles. The standard InChI is InChI=1S/C22H15N/c1-17-2-4-18(5-3-17)6-7-19-8-12-21(13-9-19)22-14-10-20(16-23)11-15-22/h2-5,8-15H,1H3. The van der Waals surface area contributed by atoms with E-state index < -0.39 is 0 Å². The van der Waals surface area contributed by atoms with Gasteiger partial charge in [-0.15, -0.1) is 0 Å².